The second kappa shape index (κ2) is 8.20. The maximum absolute atomic E-state index is 12.5. The molecule has 0 fully saturated rings. The summed E-state index contributed by atoms with van der Waals surface area (Å²) < 4.78 is 6.24. The van der Waals surface area contributed by atoms with Crippen molar-refractivity contribution in [1.82, 2.24) is 20.0 Å². The van der Waals surface area contributed by atoms with Crippen molar-refractivity contribution in [2.75, 3.05) is 11.2 Å². The van der Waals surface area contributed by atoms with Gasteiger partial charge in [-0.3, -0.25) is 4.79 Å². The molecule has 0 aliphatic carbocycles. The predicted molar refractivity (Wildman–Crippen MR) is 105 cm³/mol. The summed E-state index contributed by atoms with van der Waals surface area (Å²) in [6.45, 7) is 3.63. The zero-order chi connectivity index (χ0) is 19.6. The number of benzene rings is 1. The van der Waals surface area contributed by atoms with E-state index in [1.807, 2.05) is 6.92 Å². The second-order valence-electron chi connectivity index (χ2n) is 5.63. The van der Waals surface area contributed by atoms with E-state index in [1.165, 1.54) is 16.4 Å². The molecular formula is C16H16Cl2N6O2S. The van der Waals surface area contributed by atoms with Crippen molar-refractivity contribution in [1.29, 1.82) is 0 Å². The van der Waals surface area contributed by atoms with Gasteiger partial charge in [-0.15, -0.1) is 10.2 Å². The molecule has 0 saturated heterocycles. The number of hydrogen-bond donors (Lipinski definition) is 2. The molecule has 8 nitrogen and oxygen atoms in total. The van der Waals surface area contributed by atoms with Crippen molar-refractivity contribution in [3.8, 4) is 11.4 Å². The number of carbonyl (C=O) groups excluding carboxylic acids is 1. The number of hydrogen-bond acceptors (Lipinski definition) is 7. The summed E-state index contributed by atoms with van der Waals surface area (Å²) >= 11 is 13.4. The molecule has 0 bridgehead atoms. The Morgan fingerprint density at radius 1 is 1.37 bits per heavy atom. The third-order valence-electron chi connectivity index (χ3n) is 3.62. The lowest BCUT2D eigenvalue weighted by Gasteiger charge is -2.12. The van der Waals surface area contributed by atoms with Crippen molar-refractivity contribution in [3.63, 3.8) is 0 Å². The molecule has 2 heterocycles. The Hall–Kier alpha value is -2.23. The Labute approximate surface area is 169 Å². The minimum atomic E-state index is -0.448. The zero-order valence-corrected chi connectivity index (χ0v) is 16.8. The predicted octanol–water partition coefficient (Wildman–Crippen LogP) is 3.77. The topological polar surface area (TPSA) is 112 Å². The first-order valence-corrected chi connectivity index (χ1v) is 9.59. The number of thioether (sulfide) groups is 1. The van der Waals surface area contributed by atoms with Gasteiger partial charge in [-0.25, -0.2) is 4.68 Å². The standard InChI is InChI=1S/C16H16Cl2N6O2S/c1-3-12(15(25)20-13-6-8(2)26-23-13)27-16-22-21-14(24(16)19)10-7-9(17)4-5-11(10)18/h4-7,12H,3,19H2,1-2H3,(H,20,23,25). The highest BCUT2D eigenvalue weighted by molar-refractivity contribution is 8.00. The van der Waals surface area contributed by atoms with Crippen LogP contribution in [0.4, 0.5) is 5.82 Å². The summed E-state index contributed by atoms with van der Waals surface area (Å²) in [4.78, 5) is 12.5. The van der Waals surface area contributed by atoms with Crippen LogP contribution in [0.1, 0.15) is 19.1 Å². The molecule has 0 radical (unpaired) electrons. The number of anilines is 1. The van der Waals surface area contributed by atoms with Crippen LogP contribution >= 0.6 is 35.0 Å². The molecule has 11 heteroatoms. The highest BCUT2D eigenvalue weighted by Crippen LogP contribution is 2.32. The minimum Gasteiger partial charge on any atom is -0.360 e. The van der Waals surface area contributed by atoms with Gasteiger partial charge in [-0.2, -0.15) is 0 Å². The Balaban J connectivity index is 1.79. The van der Waals surface area contributed by atoms with Gasteiger partial charge in [0, 0.05) is 16.7 Å². The van der Waals surface area contributed by atoms with Gasteiger partial charge in [0.25, 0.3) is 0 Å². The van der Waals surface area contributed by atoms with Crippen LogP contribution in [0.15, 0.2) is 33.9 Å². The molecule has 3 aromatic rings. The summed E-state index contributed by atoms with van der Waals surface area (Å²) in [5, 5.41) is 15.5. The van der Waals surface area contributed by atoms with E-state index in [1.54, 1.807) is 31.2 Å². The maximum atomic E-state index is 12.5. The summed E-state index contributed by atoms with van der Waals surface area (Å²) in [7, 11) is 0. The molecule has 1 amide bonds. The molecule has 1 aromatic carbocycles. The van der Waals surface area contributed by atoms with E-state index in [-0.39, 0.29) is 5.91 Å². The zero-order valence-electron chi connectivity index (χ0n) is 14.4. The van der Waals surface area contributed by atoms with E-state index in [2.05, 4.69) is 20.7 Å². The number of aromatic nitrogens is 4. The number of nitrogens with two attached hydrogens (primary N) is 1. The number of rotatable bonds is 6. The highest BCUT2D eigenvalue weighted by atomic mass is 35.5. The van der Waals surface area contributed by atoms with Crippen LogP contribution in [0.5, 0.6) is 0 Å². The second-order valence-corrected chi connectivity index (χ2v) is 7.64. The largest absolute Gasteiger partial charge is 0.360 e. The van der Waals surface area contributed by atoms with Crippen LogP contribution in [0.25, 0.3) is 11.4 Å². The van der Waals surface area contributed by atoms with Crippen LogP contribution < -0.4 is 11.2 Å². The number of halogens is 2. The van der Waals surface area contributed by atoms with Gasteiger partial charge in [0.05, 0.1) is 10.3 Å². The molecule has 0 saturated carbocycles. The molecule has 3 N–H and O–H groups in total. The Kier molecular flexibility index (Phi) is 5.93. The fourth-order valence-corrected chi connectivity index (χ4v) is 3.54. The molecule has 3 rings (SSSR count). The Bertz CT molecular complexity index is 974. The van der Waals surface area contributed by atoms with Crippen LogP contribution in [0, 0.1) is 6.92 Å². The molecule has 27 heavy (non-hydrogen) atoms. The average molecular weight is 427 g/mol. The number of nitrogens with zero attached hydrogens (tertiary/aromatic N) is 4. The molecule has 2 aromatic heterocycles. The third-order valence-corrected chi connectivity index (χ3v) is 5.51. The number of nitrogens with one attached hydrogen (secondary N) is 1. The smallest absolute Gasteiger partial charge is 0.239 e. The quantitative estimate of drug-likeness (QED) is 0.455. The lowest BCUT2D eigenvalue weighted by Crippen LogP contribution is -2.25. The molecule has 0 aliphatic rings. The Morgan fingerprint density at radius 2 is 2.15 bits per heavy atom. The number of carbonyl (C=O) groups is 1. The summed E-state index contributed by atoms with van der Waals surface area (Å²) in [6, 6.07) is 6.62. The fraction of sp³-hybridized carbons (Fsp3) is 0.250. The molecule has 1 atom stereocenters. The number of nitrogen functional groups attached to an aromatic ring is 1. The Morgan fingerprint density at radius 3 is 2.81 bits per heavy atom. The van der Waals surface area contributed by atoms with Gasteiger partial charge in [0.1, 0.15) is 5.76 Å². The average Bonchev–Trinajstić information content (AvgIpc) is 3.20. The molecular weight excluding hydrogens is 411 g/mol. The first-order valence-electron chi connectivity index (χ1n) is 7.95. The fourth-order valence-electron chi connectivity index (χ4n) is 2.29. The lowest BCUT2D eigenvalue weighted by molar-refractivity contribution is -0.115. The lowest BCUT2D eigenvalue weighted by atomic mass is 10.2. The first kappa shape index (κ1) is 19.5. The first-order chi connectivity index (χ1) is 12.9. The van der Waals surface area contributed by atoms with Crippen molar-refractivity contribution < 1.29 is 9.32 Å². The summed E-state index contributed by atoms with van der Waals surface area (Å²) in [6.07, 6.45) is 0.549. The van der Waals surface area contributed by atoms with Gasteiger partial charge in [0.2, 0.25) is 11.1 Å². The molecule has 1 unspecified atom stereocenters. The summed E-state index contributed by atoms with van der Waals surface area (Å²) in [5.41, 5.74) is 0.557. The van der Waals surface area contributed by atoms with Crippen LogP contribution in [0.3, 0.4) is 0 Å². The van der Waals surface area contributed by atoms with E-state index in [0.717, 1.165) is 0 Å². The maximum Gasteiger partial charge on any atom is 0.239 e. The molecule has 0 aliphatic heterocycles. The van der Waals surface area contributed by atoms with Crippen LogP contribution in [-0.2, 0) is 4.79 Å². The number of amides is 1. The van der Waals surface area contributed by atoms with E-state index in [4.69, 9.17) is 33.6 Å². The van der Waals surface area contributed by atoms with E-state index >= 15 is 0 Å². The van der Waals surface area contributed by atoms with Crippen molar-refractivity contribution >= 4 is 46.7 Å². The van der Waals surface area contributed by atoms with E-state index in [9.17, 15) is 4.79 Å². The normalized spacial score (nSPS) is 12.1. The van der Waals surface area contributed by atoms with E-state index < -0.39 is 5.25 Å². The molecule has 0 spiro atoms. The SMILES string of the molecule is CCC(Sc1nnc(-c2cc(Cl)ccc2Cl)n1N)C(=O)Nc1cc(C)on1. The van der Waals surface area contributed by atoms with Gasteiger partial charge in [0.15, 0.2) is 11.6 Å². The monoisotopic (exact) mass is 426 g/mol. The number of aryl methyl sites for hydroxylation is 1. The molecule has 142 valence electrons. The third kappa shape index (κ3) is 4.37. The minimum absolute atomic E-state index is 0.235. The van der Waals surface area contributed by atoms with E-state index in [0.29, 0.717) is 44.6 Å². The van der Waals surface area contributed by atoms with Crippen molar-refractivity contribution in [2.24, 2.45) is 0 Å². The van der Waals surface area contributed by atoms with Crippen molar-refractivity contribution in [2.45, 2.75) is 30.7 Å². The highest BCUT2D eigenvalue weighted by Gasteiger charge is 2.24. The summed E-state index contributed by atoms with van der Waals surface area (Å²) in [5.74, 6) is 7.21. The van der Waals surface area contributed by atoms with Crippen LogP contribution in [0.2, 0.25) is 10.0 Å². The van der Waals surface area contributed by atoms with Gasteiger partial charge in [-0.1, -0.05) is 47.0 Å². The van der Waals surface area contributed by atoms with Gasteiger partial charge >= 0.3 is 0 Å². The van der Waals surface area contributed by atoms with Crippen LogP contribution in [-0.4, -0.2) is 31.2 Å². The van der Waals surface area contributed by atoms with Crippen molar-refractivity contribution in [3.05, 3.63) is 40.1 Å². The van der Waals surface area contributed by atoms with Gasteiger partial charge in [-0.05, 0) is 31.5 Å². The van der Waals surface area contributed by atoms with Gasteiger partial charge < -0.3 is 15.7 Å².